The minimum absolute atomic E-state index is 0.267. The molecule has 0 aliphatic carbocycles. The van der Waals surface area contributed by atoms with E-state index in [2.05, 4.69) is 37.0 Å². The van der Waals surface area contributed by atoms with E-state index < -0.39 is 11.1 Å². The number of piperazine rings is 1. The van der Waals surface area contributed by atoms with Crippen molar-refractivity contribution in [3.63, 3.8) is 0 Å². The van der Waals surface area contributed by atoms with Gasteiger partial charge in [0, 0.05) is 37.1 Å². The smallest absolute Gasteiger partial charge is 0.290 e. The summed E-state index contributed by atoms with van der Waals surface area (Å²) in [5.41, 5.74) is 2.87. The molecule has 2 aliphatic heterocycles. The summed E-state index contributed by atoms with van der Waals surface area (Å²) in [5.74, 6) is -0.744. The predicted octanol–water partition coefficient (Wildman–Crippen LogP) is 3.30. The summed E-state index contributed by atoms with van der Waals surface area (Å²) in [6.07, 6.45) is 4.54. The Bertz CT molecular complexity index is 1290. The number of hydrogen-bond acceptors (Lipinski definition) is 8. The molecule has 4 heterocycles. The first-order valence-electron chi connectivity index (χ1n) is 10.6. The lowest BCUT2D eigenvalue weighted by atomic mass is 10.1. The SMILES string of the molecule is CCN1CCN(c2ccc(-c3ncnc4cnc(/C=C5\SC(=O)NC5=O)cc34)cc2F)CC1. The molecule has 8 nitrogen and oxygen atoms in total. The van der Waals surface area contributed by atoms with Gasteiger partial charge in [-0.05, 0) is 42.6 Å². The molecule has 2 saturated heterocycles. The number of carbonyl (C=O) groups is 2. The zero-order valence-electron chi connectivity index (χ0n) is 17.9. The summed E-state index contributed by atoms with van der Waals surface area (Å²) >= 11 is 0.826. The van der Waals surface area contributed by atoms with Gasteiger partial charge in [0.05, 0.1) is 33.7 Å². The van der Waals surface area contributed by atoms with Crippen LogP contribution < -0.4 is 10.2 Å². The third-order valence-electron chi connectivity index (χ3n) is 5.85. The number of nitrogens with zero attached hydrogens (tertiary/aromatic N) is 5. The van der Waals surface area contributed by atoms with E-state index in [0.717, 1.165) is 44.5 Å². The standard InChI is InChI=1S/C23H21FN6O2S/c1-2-29-5-7-30(8-6-29)19-4-3-14(9-17(19)24)21-16-10-15(25-12-18(16)26-13-27-21)11-20-22(31)28-23(32)33-20/h3-4,9-13H,2,5-8H2,1H3,(H,28,31,32)/b20-11-. The Kier molecular flexibility index (Phi) is 5.77. The summed E-state index contributed by atoms with van der Waals surface area (Å²) in [6.45, 7) is 6.55. The van der Waals surface area contributed by atoms with Gasteiger partial charge < -0.3 is 9.80 Å². The van der Waals surface area contributed by atoms with Gasteiger partial charge in [-0.15, -0.1) is 0 Å². The number of anilines is 1. The molecule has 1 aromatic carbocycles. The van der Waals surface area contributed by atoms with Gasteiger partial charge in [-0.3, -0.25) is 19.9 Å². The van der Waals surface area contributed by atoms with Crippen LogP contribution in [-0.2, 0) is 4.79 Å². The number of nitrogens with one attached hydrogen (secondary N) is 1. The van der Waals surface area contributed by atoms with Gasteiger partial charge in [0.15, 0.2) is 0 Å². The number of amides is 2. The maximum atomic E-state index is 15.1. The molecule has 0 saturated carbocycles. The van der Waals surface area contributed by atoms with Crippen molar-refractivity contribution >= 4 is 45.6 Å². The topological polar surface area (TPSA) is 91.3 Å². The molecule has 2 fully saturated rings. The van der Waals surface area contributed by atoms with Crippen LogP contribution in [0.15, 0.2) is 41.7 Å². The van der Waals surface area contributed by atoms with Crippen LogP contribution in [0.4, 0.5) is 14.9 Å². The van der Waals surface area contributed by atoms with E-state index in [0.29, 0.717) is 33.5 Å². The average Bonchev–Trinajstić information content (AvgIpc) is 3.15. The number of aromatic nitrogens is 3. The minimum atomic E-state index is -0.450. The van der Waals surface area contributed by atoms with Crippen molar-refractivity contribution in [1.82, 2.24) is 25.2 Å². The molecule has 2 aromatic heterocycles. The highest BCUT2D eigenvalue weighted by Gasteiger charge is 2.25. The fourth-order valence-corrected chi connectivity index (χ4v) is 4.72. The van der Waals surface area contributed by atoms with Crippen LogP contribution in [0.25, 0.3) is 28.2 Å². The molecule has 0 radical (unpaired) electrons. The first-order chi connectivity index (χ1) is 16.0. The van der Waals surface area contributed by atoms with Crippen LogP contribution in [0.5, 0.6) is 0 Å². The second-order valence-corrected chi connectivity index (χ2v) is 8.80. The van der Waals surface area contributed by atoms with Crippen molar-refractivity contribution in [1.29, 1.82) is 0 Å². The molecule has 0 bridgehead atoms. The van der Waals surface area contributed by atoms with Crippen LogP contribution in [0.1, 0.15) is 12.6 Å². The molecule has 5 rings (SSSR count). The summed E-state index contributed by atoms with van der Waals surface area (Å²) in [5, 5.41) is 2.49. The van der Waals surface area contributed by atoms with Crippen LogP contribution in [0, 0.1) is 5.82 Å². The zero-order chi connectivity index (χ0) is 22.9. The first kappa shape index (κ1) is 21.5. The lowest BCUT2D eigenvalue weighted by Crippen LogP contribution is -2.46. The normalized spacial score (nSPS) is 18.4. The minimum Gasteiger partial charge on any atom is -0.367 e. The van der Waals surface area contributed by atoms with Crippen LogP contribution in [-0.4, -0.2) is 63.7 Å². The van der Waals surface area contributed by atoms with Gasteiger partial charge >= 0.3 is 0 Å². The third-order valence-corrected chi connectivity index (χ3v) is 6.66. The summed E-state index contributed by atoms with van der Waals surface area (Å²) in [7, 11) is 0. The molecule has 0 unspecified atom stereocenters. The van der Waals surface area contributed by atoms with E-state index in [1.165, 1.54) is 12.4 Å². The van der Waals surface area contributed by atoms with Crippen molar-refractivity contribution in [3.8, 4) is 11.3 Å². The number of imide groups is 1. The molecule has 3 aromatic rings. The molecule has 1 N–H and O–H groups in total. The van der Waals surface area contributed by atoms with Crippen molar-refractivity contribution in [2.24, 2.45) is 0 Å². The van der Waals surface area contributed by atoms with Gasteiger partial charge in [-0.1, -0.05) is 13.0 Å². The zero-order valence-corrected chi connectivity index (χ0v) is 18.7. The number of benzene rings is 1. The molecule has 0 spiro atoms. The van der Waals surface area contributed by atoms with Gasteiger partial charge in [-0.2, -0.15) is 0 Å². The second-order valence-electron chi connectivity index (χ2n) is 7.79. The molecular formula is C23H21FN6O2S. The van der Waals surface area contributed by atoms with Crippen LogP contribution >= 0.6 is 11.8 Å². The van der Waals surface area contributed by atoms with Crippen molar-refractivity contribution < 1.29 is 14.0 Å². The molecule has 0 atom stereocenters. The molecule has 10 heteroatoms. The Hall–Kier alpha value is -3.37. The van der Waals surface area contributed by atoms with Gasteiger partial charge in [0.1, 0.15) is 12.1 Å². The van der Waals surface area contributed by atoms with Gasteiger partial charge in [0.25, 0.3) is 11.1 Å². The number of fused-ring (bicyclic) bond motifs is 1. The maximum absolute atomic E-state index is 15.1. The average molecular weight is 465 g/mol. The highest BCUT2D eigenvalue weighted by Crippen LogP contribution is 2.31. The predicted molar refractivity (Wildman–Crippen MR) is 126 cm³/mol. The number of halogens is 1. The monoisotopic (exact) mass is 464 g/mol. The maximum Gasteiger partial charge on any atom is 0.290 e. The van der Waals surface area contributed by atoms with E-state index in [1.807, 2.05) is 6.07 Å². The summed E-state index contributed by atoms with van der Waals surface area (Å²) < 4.78 is 15.1. The van der Waals surface area contributed by atoms with E-state index in [-0.39, 0.29) is 10.7 Å². The summed E-state index contributed by atoms with van der Waals surface area (Å²) in [4.78, 5) is 40.9. The number of likely N-dealkylation sites (N-methyl/N-ethyl adjacent to an activating group) is 1. The van der Waals surface area contributed by atoms with Crippen molar-refractivity contribution in [2.45, 2.75) is 6.92 Å². The number of carbonyl (C=O) groups excluding carboxylic acids is 2. The van der Waals surface area contributed by atoms with E-state index in [4.69, 9.17) is 0 Å². The highest BCUT2D eigenvalue weighted by atomic mass is 32.2. The lowest BCUT2D eigenvalue weighted by Gasteiger charge is -2.35. The molecule has 33 heavy (non-hydrogen) atoms. The Labute approximate surface area is 193 Å². The van der Waals surface area contributed by atoms with Crippen LogP contribution in [0.2, 0.25) is 0 Å². The van der Waals surface area contributed by atoms with Gasteiger partial charge in [0.2, 0.25) is 0 Å². The fraction of sp³-hybridized carbons (Fsp3) is 0.261. The number of pyridine rings is 1. The molecular weight excluding hydrogens is 443 g/mol. The molecule has 2 amide bonds. The van der Waals surface area contributed by atoms with E-state index in [1.54, 1.807) is 24.4 Å². The lowest BCUT2D eigenvalue weighted by molar-refractivity contribution is -0.115. The molecule has 2 aliphatic rings. The van der Waals surface area contributed by atoms with E-state index >= 15 is 4.39 Å². The summed E-state index contributed by atoms with van der Waals surface area (Å²) in [6, 6.07) is 6.91. The number of rotatable bonds is 4. The van der Waals surface area contributed by atoms with E-state index in [9.17, 15) is 9.59 Å². The Balaban J connectivity index is 1.48. The fourth-order valence-electron chi connectivity index (χ4n) is 4.06. The van der Waals surface area contributed by atoms with Gasteiger partial charge in [-0.25, -0.2) is 14.4 Å². The van der Waals surface area contributed by atoms with Crippen molar-refractivity contribution in [3.05, 3.63) is 53.2 Å². The highest BCUT2D eigenvalue weighted by molar-refractivity contribution is 8.18. The Morgan fingerprint density at radius 2 is 1.94 bits per heavy atom. The second kappa shape index (κ2) is 8.87. The number of thioether (sulfide) groups is 1. The molecule has 168 valence electrons. The Morgan fingerprint density at radius 3 is 2.64 bits per heavy atom. The van der Waals surface area contributed by atoms with Crippen molar-refractivity contribution in [2.75, 3.05) is 37.6 Å². The Morgan fingerprint density at radius 1 is 1.12 bits per heavy atom. The van der Waals surface area contributed by atoms with Crippen LogP contribution in [0.3, 0.4) is 0 Å². The quantitative estimate of drug-likeness (QED) is 0.588. The third kappa shape index (κ3) is 4.31. The largest absolute Gasteiger partial charge is 0.367 e. The number of hydrogen-bond donors (Lipinski definition) is 1. The first-order valence-corrected chi connectivity index (χ1v) is 11.5.